The van der Waals surface area contributed by atoms with E-state index >= 15 is 0 Å². The highest BCUT2D eigenvalue weighted by Crippen LogP contribution is 2.30. The van der Waals surface area contributed by atoms with Crippen LogP contribution in [0.3, 0.4) is 0 Å². The lowest BCUT2D eigenvalue weighted by Gasteiger charge is -2.11. The number of carbonyl (C=O) groups is 1. The number of benzene rings is 3. The molecular formula is C24H25Cl2N3O4. The van der Waals surface area contributed by atoms with Crippen molar-refractivity contribution in [2.24, 2.45) is 7.05 Å². The smallest absolute Gasteiger partial charge is 0.335 e. The van der Waals surface area contributed by atoms with Crippen LogP contribution in [0, 0.1) is 13.8 Å². The van der Waals surface area contributed by atoms with E-state index in [2.05, 4.69) is 4.98 Å². The normalized spacial score (nSPS) is 10.3. The summed E-state index contributed by atoms with van der Waals surface area (Å²) in [7, 11) is 1.92. The molecule has 3 N–H and O–H groups in total. The van der Waals surface area contributed by atoms with E-state index in [-0.39, 0.29) is 37.0 Å². The lowest BCUT2D eigenvalue weighted by molar-refractivity contribution is 0.0697. The molecule has 0 atom stereocenters. The quantitative estimate of drug-likeness (QED) is 0.337. The molecule has 0 amide bonds. The number of nitrogens with two attached hydrogens (primary N) is 1. The summed E-state index contributed by atoms with van der Waals surface area (Å²) < 4.78 is 13.8. The number of rotatable bonds is 6. The van der Waals surface area contributed by atoms with Gasteiger partial charge in [0.15, 0.2) is 0 Å². The molecule has 0 unspecified atom stereocenters. The zero-order chi connectivity index (χ0) is 22.1. The van der Waals surface area contributed by atoms with Crippen LogP contribution in [0.1, 0.15) is 27.3 Å². The minimum Gasteiger partial charge on any atom is -0.486 e. The number of hydrogen-bond donors (Lipinski definition) is 2. The largest absolute Gasteiger partial charge is 0.486 e. The van der Waals surface area contributed by atoms with Gasteiger partial charge >= 0.3 is 5.97 Å². The van der Waals surface area contributed by atoms with Gasteiger partial charge in [0.05, 0.1) is 16.6 Å². The van der Waals surface area contributed by atoms with Gasteiger partial charge in [-0.05, 0) is 73.5 Å². The summed E-state index contributed by atoms with van der Waals surface area (Å²) in [5, 5.41) is 8.99. The van der Waals surface area contributed by atoms with Gasteiger partial charge in [-0.2, -0.15) is 0 Å². The number of imidazole rings is 1. The number of aryl methyl sites for hydroxylation is 3. The number of carboxylic acids is 1. The molecule has 9 heteroatoms. The Morgan fingerprint density at radius 3 is 2.18 bits per heavy atom. The first-order valence-electron chi connectivity index (χ1n) is 9.78. The van der Waals surface area contributed by atoms with Crippen LogP contribution in [0.4, 0.5) is 5.69 Å². The molecule has 0 fully saturated rings. The Kier molecular flexibility index (Phi) is 8.19. The van der Waals surface area contributed by atoms with E-state index in [1.165, 1.54) is 12.1 Å². The SMILES string of the molecule is Cc1cc(Oc2ccc3nc(COc4ccc(C(=O)O)cc4)n(C)c3c2)cc(C)c1N.Cl.Cl. The van der Waals surface area contributed by atoms with E-state index in [9.17, 15) is 4.79 Å². The fourth-order valence-electron chi connectivity index (χ4n) is 3.38. The number of hydrogen-bond acceptors (Lipinski definition) is 5. The van der Waals surface area contributed by atoms with Crippen molar-refractivity contribution in [1.29, 1.82) is 0 Å². The molecule has 0 aliphatic carbocycles. The predicted octanol–water partition coefficient (Wildman–Crippen LogP) is 5.69. The minimum atomic E-state index is -0.968. The van der Waals surface area contributed by atoms with Gasteiger partial charge in [-0.3, -0.25) is 0 Å². The fourth-order valence-corrected chi connectivity index (χ4v) is 3.38. The highest BCUT2D eigenvalue weighted by atomic mass is 35.5. The summed E-state index contributed by atoms with van der Waals surface area (Å²) in [6, 6.07) is 15.9. The van der Waals surface area contributed by atoms with Gasteiger partial charge < -0.3 is 24.9 Å². The molecule has 0 aliphatic rings. The number of nitrogen functional groups attached to an aromatic ring is 1. The number of aromatic carboxylic acids is 1. The number of nitrogens with zero attached hydrogens (tertiary/aromatic N) is 2. The Labute approximate surface area is 204 Å². The van der Waals surface area contributed by atoms with Gasteiger partial charge in [-0.15, -0.1) is 24.8 Å². The van der Waals surface area contributed by atoms with E-state index in [0.29, 0.717) is 11.5 Å². The summed E-state index contributed by atoms with van der Waals surface area (Å²) in [6.45, 7) is 4.17. The van der Waals surface area contributed by atoms with Crippen molar-refractivity contribution in [2.75, 3.05) is 5.73 Å². The molecule has 1 heterocycles. The van der Waals surface area contributed by atoms with Gasteiger partial charge in [0, 0.05) is 18.8 Å². The third-order valence-electron chi connectivity index (χ3n) is 5.22. The van der Waals surface area contributed by atoms with Gasteiger partial charge in [-0.1, -0.05) is 0 Å². The topological polar surface area (TPSA) is 99.6 Å². The third-order valence-corrected chi connectivity index (χ3v) is 5.22. The van der Waals surface area contributed by atoms with E-state index in [0.717, 1.165) is 39.4 Å². The third kappa shape index (κ3) is 5.50. The molecule has 0 bridgehead atoms. The molecule has 0 aliphatic heterocycles. The molecule has 3 aromatic carbocycles. The number of halogens is 2. The zero-order valence-corrected chi connectivity index (χ0v) is 20.0. The molecule has 4 rings (SSSR count). The van der Waals surface area contributed by atoms with E-state index in [1.807, 2.05) is 55.8 Å². The van der Waals surface area contributed by atoms with Crippen molar-refractivity contribution in [3.05, 3.63) is 77.1 Å². The molecule has 4 aromatic rings. The molecule has 0 spiro atoms. The van der Waals surface area contributed by atoms with Gasteiger partial charge in [0.2, 0.25) is 0 Å². The fraction of sp³-hybridized carbons (Fsp3) is 0.167. The summed E-state index contributed by atoms with van der Waals surface area (Å²) in [4.78, 5) is 15.6. The van der Waals surface area contributed by atoms with Gasteiger partial charge in [-0.25, -0.2) is 9.78 Å². The molecular weight excluding hydrogens is 465 g/mol. The molecule has 0 saturated carbocycles. The van der Waals surface area contributed by atoms with Crippen LogP contribution in [0.5, 0.6) is 17.2 Å². The average Bonchev–Trinajstić information content (AvgIpc) is 3.06. The Hall–Kier alpha value is -3.42. The first-order valence-corrected chi connectivity index (χ1v) is 9.78. The van der Waals surface area contributed by atoms with Crippen LogP contribution in [-0.2, 0) is 13.7 Å². The lowest BCUT2D eigenvalue weighted by atomic mass is 10.1. The van der Waals surface area contributed by atoms with Crippen molar-refractivity contribution in [1.82, 2.24) is 9.55 Å². The van der Waals surface area contributed by atoms with E-state index < -0.39 is 5.97 Å². The Balaban J connectivity index is 0.00000193. The molecule has 1 aromatic heterocycles. The predicted molar refractivity (Wildman–Crippen MR) is 133 cm³/mol. The second kappa shape index (κ2) is 10.5. The second-order valence-electron chi connectivity index (χ2n) is 7.43. The van der Waals surface area contributed by atoms with Crippen molar-refractivity contribution in [3.8, 4) is 17.2 Å². The van der Waals surface area contributed by atoms with Crippen molar-refractivity contribution >= 4 is 47.5 Å². The first-order chi connectivity index (χ1) is 14.8. The number of carboxylic acid groups (broad SMARTS) is 1. The van der Waals surface area contributed by atoms with Crippen molar-refractivity contribution in [2.45, 2.75) is 20.5 Å². The maximum absolute atomic E-state index is 11.0. The van der Waals surface area contributed by atoms with Crippen molar-refractivity contribution in [3.63, 3.8) is 0 Å². The monoisotopic (exact) mass is 489 g/mol. The zero-order valence-electron chi connectivity index (χ0n) is 18.4. The standard InChI is InChI=1S/C24H23N3O4.2ClH/c1-14-10-19(11-15(2)23(14)25)31-18-8-9-20-21(12-18)27(3)22(26-20)13-30-17-6-4-16(5-7-17)24(28)29;;/h4-12H,13,25H2,1-3H3,(H,28,29);2*1H. The number of anilines is 1. The van der Waals surface area contributed by atoms with Gasteiger partial charge in [0.1, 0.15) is 29.7 Å². The van der Waals surface area contributed by atoms with Crippen LogP contribution >= 0.6 is 24.8 Å². The molecule has 0 saturated heterocycles. The molecule has 174 valence electrons. The first kappa shape index (κ1) is 25.8. The number of ether oxygens (including phenoxy) is 2. The Morgan fingerprint density at radius 1 is 0.970 bits per heavy atom. The van der Waals surface area contributed by atoms with E-state index in [4.69, 9.17) is 20.3 Å². The van der Waals surface area contributed by atoms with Crippen molar-refractivity contribution < 1.29 is 19.4 Å². The van der Waals surface area contributed by atoms with Crippen LogP contribution in [0.15, 0.2) is 54.6 Å². The molecule has 33 heavy (non-hydrogen) atoms. The highest BCUT2D eigenvalue weighted by molar-refractivity contribution is 5.87. The van der Waals surface area contributed by atoms with E-state index in [1.54, 1.807) is 12.1 Å². The summed E-state index contributed by atoms with van der Waals surface area (Å²) in [6.07, 6.45) is 0. The van der Waals surface area contributed by atoms with Crippen LogP contribution in [-0.4, -0.2) is 20.6 Å². The molecule has 0 radical (unpaired) electrons. The average molecular weight is 490 g/mol. The Bertz CT molecular complexity index is 1260. The van der Waals surface area contributed by atoms with Crippen LogP contribution in [0.2, 0.25) is 0 Å². The van der Waals surface area contributed by atoms with Crippen LogP contribution < -0.4 is 15.2 Å². The van der Waals surface area contributed by atoms with Crippen LogP contribution in [0.25, 0.3) is 11.0 Å². The summed E-state index contributed by atoms with van der Waals surface area (Å²) in [5.41, 5.74) is 10.7. The Morgan fingerprint density at radius 2 is 1.58 bits per heavy atom. The second-order valence-corrected chi connectivity index (χ2v) is 7.43. The minimum absolute atomic E-state index is 0. The lowest BCUT2D eigenvalue weighted by Crippen LogP contribution is -2.03. The number of fused-ring (bicyclic) bond motifs is 1. The highest BCUT2D eigenvalue weighted by Gasteiger charge is 2.11. The summed E-state index contributed by atoms with van der Waals surface area (Å²) in [5.74, 6) is 1.79. The summed E-state index contributed by atoms with van der Waals surface area (Å²) >= 11 is 0. The number of aromatic nitrogens is 2. The molecule has 7 nitrogen and oxygen atoms in total. The van der Waals surface area contributed by atoms with Gasteiger partial charge in [0.25, 0.3) is 0 Å². The maximum Gasteiger partial charge on any atom is 0.335 e. The maximum atomic E-state index is 11.0.